The van der Waals surface area contributed by atoms with E-state index >= 15 is 0 Å². The van der Waals surface area contributed by atoms with Gasteiger partial charge in [0, 0.05) is 25.2 Å². The van der Waals surface area contributed by atoms with Crippen molar-refractivity contribution in [3.05, 3.63) is 0 Å². The van der Waals surface area contributed by atoms with Crippen LogP contribution in [0, 0.1) is 5.92 Å². The predicted octanol–water partition coefficient (Wildman–Crippen LogP) is 2.12. The molecule has 0 aliphatic heterocycles. The van der Waals surface area contributed by atoms with Gasteiger partial charge >= 0.3 is 0 Å². The van der Waals surface area contributed by atoms with E-state index in [1.165, 1.54) is 19.3 Å². The third-order valence-electron chi connectivity index (χ3n) is 3.90. The zero-order chi connectivity index (χ0) is 12.7. The van der Waals surface area contributed by atoms with Crippen LogP contribution >= 0.6 is 0 Å². The smallest absolute Gasteiger partial charge is 0.0593 e. The first-order valence-electron chi connectivity index (χ1n) is 7.20. The van der Waals surface area contributed by atoms with Crippen molar-refractivity contribution in [3.8, 4) is 0 Å². The van der Waals surface area contributed by atoms with Crippen LogP contribution in [0.25, 0.3) is 0 Å². The third-order valence-corrected chi connectivity index (χ3v) is 3.90. The van der Waals surface area contributed by atoms with Gasteiger partial charge in [0.15, 0.2) is 0 Å². The summed E-state index contributed by atoms with van der Waals surface area (Å²) in [5.41, 5.74) is 0. The molecule has 0 bridgehead atoms. The number of rotatable bonds is 7. The first kappa shape index (κ1) is 14.9. The van der Waals surface area contributed by atoms with Crippen LogP contribution in [0.15, 0.2) is 0 Å². The molecule has 3 unspecified atom stereocenters. The molecule has 0 heterocycles. The Kier molecular flexibility index (Phi) is 7.09. The van der Waals surface area contributed by atoms with Crippen LogP contribution in [-0.2, 0) is 4.74 Å². The molecule has 0 radical (unpaired) electrons. The Labute approximate surface area is 107 Å². The monoisotopic (exact) mass is 242 g/mol. The lowest BCUT2D eigenvalue weighted by atomic mass is 9.82. The number of hydrogen-bond donors (Lipinski definition) is 1. The van der Waals surface area contributed by atoms with Gasteiger partial charge in [-0.05, 0) is 45.7 Å². The molecular weight excluding hydrogens is 212 g/mol. The average Bonchev–Trinajstić information content (AvgIpc) is 2.32. The molecule has 0 aromatic rings. The van der Waals surface area contributed by atoms with E-state index in [1.807, 2.05) is 0 Å². The Hall–Kier alpha value is -0.120. The van der Waals surface area contributed by atoms with Crippen LogP contribution in [0.5, 0.6) is 0 Å². The zero-order valence-corrected chi connectivity index (χ0v) is 12.0. The molecular formula is C14H30N2O. The molecule has 17 heavy (non-hydrogen) atoms. The van der Waals surface area contributed by atoms with E-state index in [4.69, 9.17) is 4.74 Å². The molecule has 1 N–H and O–H groups in total. The summed E-state index contributed by atoms with van der Waals surface area (Å²) in [7, 11) is 2.24. The van der Waals surface area contributed by atoms with Gasteiger partial charge in [0.2, 0.25) is 0 Å². The second-order valence-corrected chi connectivity index (χ2v) is 5.33. The first-order chi connectivity index (χ1) is 8.19. The molecule has 0 saturated heterocycles. The minimum Gasteiger partial charge on any atom is -0.380 e. The summed E-state index contributed by atoms with van der Waals surface area (Å²) in [6.45, 7) is 10.5. The van der Waals surface area contributed by atoms with Gasteiger partial charge in [0.25, 0.3) is 0 Å². The van der Waals surface area contributed by atoms with Crippen molar-refractivity contribution in [3.63, 3.8) is 0 Å². The molecule has 0 aromatic heterocycles. The van der Waals surface area contributed by atoms with Crippen molar-refractivity contribution >= 4 is 0 Å². The van der Waals surface area contributed by atoms with Crippen molar-refractivity contribution in [2.75, 3.05) is 33.4 Å². The van der Waals surface area contributed by atoms with E-state index in [-0.39, 0.29) is 0 Å². The zero-order valence-electron chi connectivity index (χ0n) is 12.0. The normalized spacial score (nSPS) is 29.8. The highest BCUT2D eigenvalue weighted by Crippen LogP contribution is 2.27. The number of nitrogens with one attached hydrogen (secondary N) is 1. The molecule has 3 atom stereocenters. The second kappa shape index (κ2) is 8.06. The van der Waals surface area contributed by atoms with E-state index in [0.717, 1.165) is 32.2 Å². The van der Waals surface area contributed by atoms with E-state index in [0.29, 0.717) is 12.1 Å². The molecule has 1 rings (SSSR count). The highest BCUT2D eigenvalue weighted by molar-refractivity contribution is 4.89. The van der Waals surface area contributed by atoms with Crippen LogP contribution in [0.4, 0.5) is 0 Å². The van der Waals surface area contributed by atoms with Crippen LogP contribution in [0.1, 0.15) is 40.0 Å². The van der Waals surface area contributed by atoms with E-state index in [2.05, 4.69) is 38.0 Å². The summed E-state index contributed by atoms with van der Waals surface area (Å²) in [6.07, 6.45) is 4.01. The van der Waals surface area contributed by atoms with Gasteiger partial charge in [-0.1, -0.05) is 13.8 Å². The molecule has 1 aliphatic rings. The summed E-state index contributed by atoms with van der Waals surface area (Å²) in [5, 5.41) is 3.64. The molecule has 1 saturated carbocycles. The topological polar surface area (TPSA) is 24.5 Å². The van der Waals surface area contributed by atoms with Crippen LogP contribution in [0.3, 0.4) is 0 Å². The Morgan fingerprint density at radius 2 is 2.06 bits per heavy atom. The standard InChI is InChI=1S/C14H30N2O/c1-5-15-13-8-7-12(3)11-14(13)16(4)9-10-17-6-2/h12-15H,5-11H2,1-4H3. The van der Waals surface area contributed by atoms with Crippen molar-refractivity contribution in [2.45, 2.75) is 52.1 Å². The average molecular weight is 242 g/mol. The Bertz CT molecular complexity index is 199. The lowest BCUT2D eigenvalue weighted by molar-refractivity contribution is 0.0758. The maximum Gasteiger partial charge on any atom is 0.0593 e. The number of nitrogens with zero attached hydrogens (tertiary/aromatic N) is 1. The largest absolute Gasteiger partial charge is 0.380 e. The summed E-state index contributed by atoms with van der Waals surface area (Å²) in [5.74, 6) is 0.865. The summed E-state index contributed by atoms with van der Waals surface area (Å²) in [6, 6.07) is 1.35. The molecule has 102 valence electrons. The van der Waals surface area contributed by atoms with Gasteiger partial charge in [-0.2, -0.15) is 0 Å². The minimum atomic E-state index is 0.669. The summed E-state index contributed by atoms with van der Waals surface area (Å²) >= 11 is 0. The fraction of sp³-hybridized carbons (Fsp3) is 1.00. The van der Waals surface area contributed by atoms with Crippen LogP contribution in [0.2, 0.25) is 0 Å². The Balaban J connectivity index is 2.43. The number of hydrogen-bond acceptors (Lipinski definition) is 3. The molecule has 1 aliphatic carbocycles. The van der Waals surface area contributed by atoms with Crippen LogP contribution < -0.4 is 5.32 Å². The van der Waals surface area contributed by atoms with Gasteiger partial charge in [-0.15, -0.1) is 0 Å². The Morgan fingerprint density at radius 3 is 2.71 bits per heavy atom. The highest BCUT2D eigenvalue weighted by atomic mass is 16.5. The highest BCUT2D eigenvalue weighted by Gasteiger charge is 2.30. The third kappa shape index (κ3) is 4.94. The summed E-state index contributed by atoms with van der Waals surface area (Å²) in [4.78, 5) is 2.48. The molecule has 3 nitrogen and oxygen atoms in total. The van der Waals surface area contributed by atoms with Crippen LogP contribution in [-0.4, -0.2) is 50.3 Å². The molecule has 3 heteroatoms. The van der Waals surface area contributed by atoms with Crippen molar-refractivity contribution in [2.24, 2.45) is 5.92 Å². The van der Waals surface area contributed by atoms with Crippen molar-refractivity contribution in [1.29, 1.82) is 0 Å². The summed E-state index contributed by atoms with van der Waals surface area (Å²) < 4.78 is 5.45. The SMILES string of the molecule is CCNC1CCC(C)CC1N(C)CCOCC. The maximum absolute atomic E-state index is 5.45. The molecule has 0 spiro atoms. The molecule has 1 fully saturated rings. The lowest BCUT2D eigenvalue weighted by Crippen LogP contribution is -2.52. The fourth-order valence-corrected chi connectivity index (χ4v) is 2.86. The van der Waals surface area contributed by atoms with Gasteiger partial charge in [-0.25, -0.2) is 0 Å². The second-order valence-electron chi connectivity index (χ2n) is 5.33. The minimum absolute atomic E-state index is 0.669. The van der Waals surface area contributed by atoms with Crippen molar-refractivity contribution in [1.82, 2.24) is 10.2 Å². The number of ether oxygens (including phenoxy) is 1. The van der Waals surface area contributed by atoms with E-state index in [9.17, 15) is 0 Å². The molecule has 0 aromatic carbocycles. The lowest BCUT2D eigenvalue weighted by Gasteiger charge is -2.40. The number of likely N-dealkylation sites (N-methyl/N-ethyl adjacent to an activating group) is 2. The quantitative estimate of drug-likeness (QED) is 0.692. The van der Waals surface area contributed by atoms with E-state index in [1.54, 1.807) is 0 Å². The first-order valence-corrected chi connectivity index (χ1v) is 7.20. The van der Waals surface area contributed by atoms with Gasteiger partial charge in [0.05, 0.1) is 6.61 Å². The predicted molar refractivity (Wildman–Crippen MR) is 73.4 cm³/mol. The van der Waals surface area contributed by atoms with Gasteiger partial charge in [0.1, 0.15) is 0 Å². The Morgan fingerprint density at radius 1 is 1.29 bits per heavy atom. The van der Waals surface area contributed by atoms with Gasteiger partial charge in [-0.3, -0.25) is 4.90 Å². The van der Waals surface area contributed by atoms with Gasteiger partial charge < -0.3 is 10.1 Å². The fourth-order valence-electron chi connectivity index (χ4n) is 2.86. The van der Waals surface area contributed by atoms with E-state index < -0.39 is 0 Å². The van der Waals surface area contributed by atoms with Crippen molar-refractivity contribution < 1.29 is 4.74 Å². The maximum atomic E-state index is 5.45. The molecule has 0 amide bonds.